The summed E-state index contributed by atoms with van der Waals surface area (Å²) < 4.78 is 5.65. The van der Waals surface area contributed by atoms with Gasteiger partial charge in [0.2, 0.25) is 0 Å². The van der Waals surface area contributed by atoms with Crippen molar-refractivity contribution in [2.45, 2.75) is 32.9 Å². The van der Waals surface area contributed by atoms with Gasteiger partial charge >= 0.3 is 0 Å². The number of hydrogen-bond acceptors (Lipinski definition) is 3. The van der Waals surface area contributed by atoms with Gasteiger partial charge in [0.25, 0.3) is 0 Å². The van der Waals surface area contributed by atoms with Gasteiger partial charge in [-0.1, -0.05) is 18.2 Å². The van der Waals surface area contributed by atoms with Crippen molar-refractivity contribution in [3.63, 3.8) is 0 Å². The molecule has 0 fully saturated rings. The fourth-order valence-electron chi connectivity index (χ4n) is 2.22. The van der Waals surface area contributed by atoms with Gasteiger partial charge in [-0.25, -0.2) is 0 Å². The van der Waals surface area contributed by atoms with Gasteiger partial charge in [-0.15, -0.1) is 0 Å². The Morgan fingerprint density at radius 1 is 1.12 bits per heavy atom. The van der Waals surface area contributed by atoms with E-state index in [1.165, 1.54) is 5.56 Å². The van der Waals surface area contributed by atoms with Crippen LogP contribution in [0.2, 0.25) is 0 Å². The van der Waals surface area contributed by atoms with Crippen LogP contribution in [0, 0.1) is 0 Å². The molecule has 0 amide bonds. The number of nitrogens with zero attached hydrogens (tertiary/aromatic N) is 2. The molecule has 2 aromatic rings. The van der Waals surface area contributed by atoms with Gasteiger partial charge in [-0.05, 0) is 43.7 Å². The fourth-order valence-corrected chi connectivity index (χ4v) is 2.22. The molecule has 128 valence electrons. The van der Waals surface area contributed by atoms with Crippen LogP contribution >= 0.6 is 0 Å². The van der Waals surface area contributed by atoms with Gasteiger partial charge in [0, 0.05) is 38.4 Å². The molecule has 5 nitrogen and oxygen atoms in total. The molecule has 0 aliphatic carbocycles. The fraction of sp³-hybridized carbons (Fsp3) is 0.368. The molecule has 1 heterocycles. The van der Waals surface area contributed by atoms with Crippen molar-refractivity contribution in [2.24, 2.45) is 4.99 Å². The van der Waals surface area contributed by atoms with Crippen molar-refractivity contribution in [1.29, 1.82) is 0 Å². The van der Waals surface area contributed by atoms with Crippen LogP contribution in [0.3, 0.4) is 0 Å². The summed E-state index contributed by atoms with van der Waals surface area (Å²) in [6, 6.07) is 14.1. The third-order valence-electron chi connectivity index (χ3n) is 3.38. The lowest BCUT2D eigenvalue weighted by Crippen LogP contribution is -2.37. The zero-order chi connectivity index (χ0) is 17.2. The second-order valence-corrected chi connectivity index (χ2v) is 5.73. The zero-order valence-electron chi connectivity index (χ0n) is 14.6. The first-order valence-corrected chi connectivity index (χ1v) is 8.27. The number of nitrogens with one attached hydrogen (secondary N) is 2. The Morgan fingerprint density at radius 3 is 2.54 bits per heavy atom. The van der Waals surface area contributed by atoms with Crippen LogP contribution in [0.5, 0.6) is 5.75 Å². The smallest absolute Gasteiger partial charge is 0.191 e. The van der Waals surface area contributed by atoms with Crippen molar-refractivity contribution in [3.8, 4) is 5.75 Å². The van der Waals surface area contributed by atoms with E-state index in [2.05, 4.69) is 32.7 Å². The SMILES string of the molecule is CN=C(NCCc1ccccn1)NCc1ccc(OC(C)C)cc1. The second kappa shape index (κ2) is 9.55. The maximum Gasteiger partial charge on any atom is 0.191 e. The van der Waals surface area contributed by atoms with Crippen LogP contribution in [0.15, 0.2) is 53.7 Å². The Morgan fingerprint density at radius 2 is 1.92 bits per heavy atom. The quantitative estimate of drug-likeness (QED) is 0.607. The first-order valence-electron chi connectivity index (χ1n) is 8.27. The Balaban J connectivity index is 1.75. The molecule has 1 aromatic carbocycles. The number of guanidine groups is 1. The van der Waals surface area contributed by atoms with E-state index in [0.29, 0.717) is 6.54 Å². The van der Waals surface area contributed by atoms with E-state index in [-0.39, 0.29) is 6.10 Å². The van der Waals surface area contributed by atoms with E-state index in [0.717, 1.165) is 30.4 Å². The predicted molar refractivity (Wildman–Crippen MR) is 98.3 cm³/mol. The number of ether oxygens (including phenoxy) is 1. The minimum absolute atomic E-state index is 0.191. The second-order valence-electron chi connectivity index (χ2n) is 5.73. The number of rotatable bonds is 7. The topological polar surface area (TPSA) is 58.5 Å². The lowest BCUT2D eigenvalue weighted by molar-refractivity contribution is 0.242. The molecule has 0 aliphatic rings. The molecule has 2 N–H and O–H groups in total. The Kier molecular flexibility index (Phi) is 7.08. The average Bonchev–Trinajstić information content (AvgIpc) is 2.59. The Labute approximate surface area is 144 Å². The molecular weight excluding hydrogens is 300 g/mol. The van der Waals surface area contributed by atoms with Crippen molar-refractivity contribution >= 4 is 5.96 Å². The number of aliphatic imine (C=N–C) groups is 1. The molecule has 5 heteroatoms. The van der Waals surface area contributed by atoms with Crippen LogP contribution in [-0.2, 0) is 13.0 Å². The van der Waals surface area contributed by atoms with Crippen molar-refractivity contribution in [3.05, 3.63) is 59.9 Å². The van der Waals surface area contributed by atoms with E-state index in [9.17, 15) is 0 Å². The maximum absolute atomic E-state index is 5.65. The molecule has 0 saturated heterocycles. The largest absolute Gasteiger partial charge is 0.491 e. The maximum atomic E-state index is 5.65. The number of hydrogen-bond donors (Lipinski definition) is 2. The van der Waals surface area contributed by atoms with Crippen LogP contribution in [0.4, 0.5) is 0 Å². The van der Waals surface area contributed by atoms with Crippen LogP contribution < -0.4 is 15.4 Å². The first kappa shape index (κ1) is 17.8. The summed E-state index contributed by atoms with van der Waals surface area (Å²) in [5, 5.41) is 6.61. The van der Waals surface area contributed by atoms with Crippen LogP contribution in [0.1, 0.15) is 25.1 Å². The minimum Gasteiger partial charge on any atom is -0.491 e. The van der Waals surface area contributed by atoms with Gasteiger partial charge in [0.05, 0.1) is 6.10 Å². The van der Waals surface area contributed by atoms with Crippen molar-refractivity contribution in [2.75, 3.05) is 13.6 Å². The zero-order valence-corrected chi connectivity index (χ0v) is 14.6. The van der Waals surface area contributed by atoms with Crippen molar-refractivity contribution in [1.82, 2.24) is 15.6 Å². The highest BCUT2D eigenvalue weighted by Gasteiger charge is 2.01. The van der Waals surface area contributed by atoms with Gasteiger partial charge in [0.15, 0.2) is 5.96 Å². The van der Waals surface area contributed by atoms with E-state index < -0.39 is 0 Å². The molecule has 0 unspecified atom stereocenters. The summed E-state index contributed by atoms with van der Waals surface area (Å²) in [5.41, 5.74) is 2.25. The lowest BCUT2D eigenvalue weighted by Gasteiger charge is -2.13. The molecule has 0 spiro atoms. The molecule has 0 radical (unpaired) electrons. The molecule has 2 rings (SSSR count). The van der Waals surface area contributed by atoms with Crippen LogP contribution in [0.25, 0.3) is 0 Å². The molecule has 0 aliphatic heterocycles. The normalized spacial score (nSPS) is 11.4. The number of pyridine rings is 1. The minimum atomic E-state index is 0.191. The monoisotopic (exact) mass is 326 g/mol. The summed E-state index contributed by atoms with van der Waals surface area (Å²) in [6.07, 6.45) is 2.87. The van der Waals surface area contributed by atoms with Gasteiger partial charge in [-0.2, -0.15) is 0 Å². The lowest BCUT2D eigenvalue weighted by atomic mass is 10.2. The highest BCUT2D eigenvalue weighted by molar-refractivity contribution is 5.79. The summed E-state index contributed by atoms with van der Waals surface area (Å²) >= 11 is 0. The molecule has 24 heavy (non-hydrogen) atoms. The van der Waals surface area contributed by atoms with E-state index in [4.69, 9.17) is 4.74 Å². The summed E-state index contributed by atoms with van der Waals surface area (Å²) in [7, 11) is 1.77. The van der Waals surface area contributed by atoms with E-state index in [1.807, 2.05) is 50.4 Å². The third-order valence-corrected chi connectivity index (χ3v) is 3.38. The standard InChI is InChI=1S/C19H26N4O/c1-15(2)24-18-9-7-16(8-10-18)14-23-19(20-3)22-13-11-17-6-4-5-12-21-17/h4-10,12,15H,11,13-14H2,1-3H3,(H2,20,22,23). The Hall–Kier alpha value is -2.56. The number of benzene rings is 1. The van der Waals surface area contributed by atoms with Crippen LogP contribution in [-0.4, -0.2) is 30.6 Å². The Bertz CT molecular complexity index is 624. The van der Waals surface area contributed by atoms with Gasteiger partial charge < -0.3 is 15.4 Å². The highest BCUT2D eigenvalue weighted by Crippen LogP contribution is 2.13. The van der Waals surface area contributed by atoms with E-state index >= 15 is 0 Å². The summed E-state index contributed by atoms with van der Waals surface area (Å²) in [5.74, 6) is 1.68. The molecular formula is C19H26N4O. The molecule has 0 bridgehead atoms. The summed E-state index contributed by atoms with van der Waals surface area (Å²) in [6.45, 7) is 5.55. The molecule has 0 saturated carbocycles. The van der Waals surface area contributed by atoms with Gasteiger partial charge in [0.1, 0.15) is 5.75 Å². The summed E-state index contributed by atoms with van der Waals surface area (Å²) in [4.78, 5) is 8.55. The predicted octanol–water partition coefficient (Wildman–Crippen LogP) is 2.78. The van der Waals surface area contributed by atoms with Gasteiger partial charge in [-0.3, -0.25) is 9.98 Å². The molecule has 1 aromatic heterocycles. The number of aromatic nitrogens is 1. The molecule has 0 atom stereocenters. The first-order chi connectivity index (χ1) is 11.7. The highest BCUT2D eigenvalue weighted by atomic mass is 16.5. The van der Waals surface area contributed by atoms with E-state index in [1.54, 1.807) is 7.05 Å². The van der Waals surface area contributed by atoms with Crippen molar-refractivity contribution < 1.29 is 4.74 Å². The third kappa shape index (κ3) is 6.28. The average molecular weight is 326 g/mol.